The van der Waals surface area contributed by atoms with Gasteiger partial charge in [0.1, 0.15) is 0 Å². The van der Waals surface area contributed by atoms with Gasteiger partial charge in [-0.05, 0) is 37.8 Å². The molecule has 1 aromatic carbocycles. The molecule has 2 atom stereocenters. The molecule has 112 valence electrons. The minimum absolute atomic E-state index is 0.0285. The van der Waals surface area contributed by atoms with Crippen molar-refractivity contribution in [2.45, 2.75) is 39.3 Å². The number of rotatable bonds is 3. The molecule has 0 aromatic heterocycles. The maximum atomic E-state index is 12.5. The Morgan fingerprint density at radius 3 is 2.62 bits per heavy atom. The van der Waals surface area contributed by atoms with E-state index in [9.17, 15) is 9.59 Å². The topological polar surface area (TPSA) is 49.4 Å². The summed E-state index contributed by atoms with van der Waals surface area (Å²) < 4.78 is 0. The minimum atomic E-state index is -0.114. The molecule has 1 N–H and O–H groups in total. The van der Waals surface area contributed by atoms with Crippen molar-refractivity contribution in [1.82, 2.24) is 10.2 Å². The third-order valence-electron chi connectivity index (χ3n) is 4.32. The van der Waals surface area contributed by atoms with Crippen molar-refractivity contribution in [3.8, 4) is 0 Å². The highest BCUT2D eigenvalue weighted by atomic mass is 16.2. The fourth-order valence-corrected chi connectivity index (χ4v) is 3.07. The smallest absolute Gasteiger partial charge is 0.226 e. The lowest BCUT2D eigenvalue weighted by Crippen LogP contribution is -2.38. The van der Waals surface area contributed by atoms with Crippen LogP contribution >= 0.6 is 0 Å². The number of fused-ring (bicyclic) bond motifs is 1. The van der Waals surface area contributed by atoms with Gasteiger partial charge in [-0.15, -0.1) is 0 Å². The van der Waals surface area contributed by atoms with E-state index in [0.29, 0.717) is 13.0 Å². The third-order valence-corrected chi connectivity index (χ3v) is 4.32. The maximum Gasteiger partial charge on any atom is 0.226 e. The zero-order valence-corrected chi connectivity index (χ0v) is 12.6. The van der Waals surface area contributed by atoms with Gasteiger partial charge in [0.05, 0.1) is 11.8 Å². The quantitative estimate of drug-likeness (QED) is 0.920. The summed E-state index contributed by atoms with van der Waals surface area (Å²) in [7, 11) is 0. The van der Waals surface area contributed by atoms with Crippen molar-refractivity contribution >= 4 is 11.8 Å². The molecule has 0 radical (unpaired) electrons. The van der Waals surface area contributed by atoms with E-state index in [1.807, 2.05) is 30.9 Å². The van der Waals surface area contributed by atoms with Gasteiger partial charge in [-0.1, -0.05) is 24.3 Å². The first-order chi connectivity index (χ1) is 10.1. The summed E-state index contributed by atoms with van der Waals surface area (Å²) in [6.45, 7) is 5.34. The highest BCUT2D eigenvalue weighted by Gasteiger charge is 2.49. The molecule has 2 amide bonds. The molecular formula is C17H22N2O2. The van der Waals surface area contributed by atoms with Gasteiger partial charge in [-0.2, -0.15) is 0 Å². The van der Waals surface area contributed by atoms with Gasteiger partial charge in [0, 0.05) is 19.1 Å². The van der Waals surface area contributed by atoms with Gasteiger partial charge < -0.3 is 10.2 Å². The SMILES string of the molecule is CC(C)NC(=O)C1CC1C(=O)N1CCc2ccccc2C1. The van der Waals surface area contributed by atoms with Crippen molar-refractivity contribution < 1.29 is 9.59 Å². The van der Waals surface area contributed by atoms with Crippen LogP contribution in [0.4, 0.5) is 0 Å². The number of hydrogen-bond donors (Lipinski definition) is 1. The lowest BCUT2D eigenvalue weighted by Gasteiger charge is -2.29. The summed E-state index contributed by atoms with van der Waals surface area (Å²) in [4.78, 5) is 26.4. The molecule has 1 saturated carbocycles. The van der Waals surface area contributed by atoms with Crippen molar-refractivity contribution in [3.05, 3.63) is 35.4 Å². The van der Waals surface area contributed by atoms with Crippen LogP contribution in [0.25, 0.3) is 0 Å². The Morgan fingerprint density at radius 1 is 1.19 bits per heavy atom. The molecule has 0 spiro atoms. The summed E-state index contributed by atoms with van der Waals surface area (Å²) in [6.07, 6.45) is 1.62. The first kappa shape index (κ1) is 14.1. The highest BCUT2D eigenvalue weighted by Crippen LogP contribution is 2.41. The first-order valence-electron chi connectivity index (χ1n) is 7.72. The van der Waals surface area contributed by atoms with Crippen LogP contribution in [-0.4, -0.2) is 29.3 Å². The van der Waals surface area contributed by atoms with E-state index in [-0.39, 0.29) is 29.7 Å². The standard InChI is InChI=1S/C17H22N2O2/c1-11(2)18-16(20)14-9-15(14)17(21)19-8-7-12-5-3-4-6-13(12)10-19/h3-6,11,14-15H,7-10H2,1-2H3,(H,18,20). The van der Waals surface area contributed by atoms with Crippen LogP contribution < -0.4 is 5.32 Å². The normalized spacial score (nSPS) is 23.7. The van der Waals surface area contributed by atoms with Crippen molar-refractivity contribution in [2.24, 2.45) is 11.8 Å². The monoisotopic (exact) mass is 286 g/mol. The van der Waals surface area contributed by atoms with Crippen molar-refractivity contribution in [3.63, 3.8) is 0 Å². The summed E-state index contributed by atoms with van der Waals surface area (Å²) in [5.74, 6) is -0.0414. The molecule has 1 aliphatic carbocycles. The van der Waals surface area contributed by atoms with Gasteiger partial charge in [-0.3, -0.25) is 9.59 Å². The molecular weight excluding hydrogens is 264 g/mol. The average molecular weight is 286 g/mol. The second-order valence-electron chi connectivity index (χ2n) is 6.39. The molecule has 4 nitrogen and oxygen atoms in total. The Kier molecular flexibility index (Phi) is 3.70. The van der Waals surface area contributed by atoms with E-state index in [1.165, 1.54) is 11.1 Å². The fourth-order valence-electron chi connectivity index (χ4n) is 3.07. The highest BCUT2D eigenvalue weighted by molar-refractivity contribution is 5.92. The fraction of sp³-hybridized carbons (Fsp3) is 0.529. The Hall–Kier alpha value is -1.84. The van der Waals surface area contributed by atoms with Crippen LogP contribution in [-0.2, 0) is 22.6 Å². The molecule has 2 aliphatic rings. The number of nitrogens with one attached hydrogen (secondary N) is 1. The van der Waals surface area contributed by atoms with E-state index >= 15 is 0 Å². The predicted octanol–water partition coefficient (Wildman–Crippen LogP) is 1.73. The molecule has 1 aromatic rings. The summed E-state index contributed by atoms with van der Waals surface area (Å²) in [5.41, 5.74) is 2.58. The molecule has 2 unspecified atom stereocenters. The maximum absolute atomic E-state index is 12.5. The zero-order valence-electron chi connectivity index (χ0n) is 12.6. The lowest BCUT2D eigenvalue weighted by molar-refractivity contribution is -0.135. The predicted molar refractivity (Wildman–Crippen MR) is 80.4 cm³/mol. The van der Waals surface area contributed by atoms with E-state index in [0.717, 1.165) is 13.0 Å². The Balaban J connectivity index is 1.60. The van der Waals surface area contributed by atoms with Crippen molar-refractivity contribution in [2.75, 3.05) is 6.54 Å². The van der Waals surface area contributed by atoms with Gasteiger partial charge in [0.15, 0.2) is 0 Å². The molecule has 1 fully saturated rings. The number of carbonyl (C=O) groups excluding carboxylic acids is 2. The van der Waals surface area contributed by atoms with Crippen LogP contribution in [0.1, 0.15) is 31.4 Å². The van der Waals surface area contributed by atoms with E-state index in [4.69, 9.17) is 0 Å². The summed E-state index contributed by atoms with van der Waals surface area (Å²) in [6, 6.07) is 8.42. The Labute approximate surface area is 125 Å². The van der Waals surface area contributed by atoms with Crippen LogP contribution in [0.3, 0.4) is 0 Å². The number of hydrogen-bond acceptors (Lipinski definition) is 2. The van der Waals surface area contributed by atoms with Crippen LogP contribution in [0.15, 0.2) is 24.3 Å². The number of benzene rings is 1. The van der Waals surface area contributed by atoms with Gasteiger partial charge in [0.2, 0.25) is 11.8 Å². The molecule has 1 heterocycles. The Morgan fingerprint density at radius 2 is 1.90 bits per heavy atom. The van der Waals surface area contributed by atoms with Crippen LogP contribution in [0.5, 0.6) is 0 Å². The molecule has 4 heteroatoms. The van der Waals surface area contributed by atoms with Crippen molar-refractivity contribution in [1.29, 1.82) is 0 Å². The van der Waals surface area contributed by atoms with E-state index in [1.54, 1.807) is 0 Å². The number of nitrogens with zero attached hydrogens (tertiary/aromatic N) is 1. The third kappa shape index (κ3) is 2.94. The van der Waals surface area contributed by atoms with E-state index in [2.05, 4.69) is 17.4 Å². The summed E-state index contributed by atoms with van der Waals surface area (Å²) >= 11 is 0. The second-order valence-corrected chi connectivity index (χ2v) is 6.39. The molecule has 1 aliphatic heterocycles. The van der Waals surface area contributed by atoms with Gasteiger partial charge in [-0.25, -0.2) is 0 Å². The first-order valence-corrected chi connectivity index (χ1v) is 7.72. The number of carbonyl (C=O) groups is 2. The minimum Gasteiger partial charge on any atom is -0.354 e. The molecule has 0 bridgehead atoms. The largest absolute Gasteiger partial charge is 0.354 e. The van der Waals surface area contributed by atoms with Crippen LogP contribution in [0, 0.1) is 11.8 Å². The van der Waals surface area contributed by atoms with Gasteiger partial charge in [0.25, 0.3) is 0 Å². The lowest BCUT2D eigenvalue weighted by atomic mass is 9.99. The second kappa shape index (κ2) is 5.51. The average Bonchev–Trinajstić information content (AvgIpc) is 3.26. The van der Waals surface area contributed by atoms with E-state index < -0.39 is 0 Å². The molecule has 21 heavy (non-hydrogen) atoms. The Bertz CT molecular complexity index is 568. The van der Waals surface area contributed by atoms with Crippen LogP contribution in [0.2, 0.25) is 0 Å². The molecule has 3 rings (SSSR count). The summed E-state index contributed by atoms with van der Waals surface area (Å²) in [5, 5.41) is 2.90. The number of amides is 2. The zero-order chi connectivity index (χ0) is 15.0. The van der Waals surface area contributed by atoms with Gasteiger partial charge >= 0.3 is 0 Å². The molecule has 0 saturated heterocycles.